The molecule has 0 radical (unpaired) electrons. The first kappa shape index (κ1) is 15.6. The van der Waals surface area contributed by atoms with Crippen LogP contribution < -0.4 is 11.1 Å². The second-order valence-electron chi connectivity index (χ2n) is 4.94. The number of carbonyl (C=O) groups is 1. The normalized spacial score (nSPS) is 15.6. The lowest BCUT2D eigenvalue weighted by molar-refractivity contribution is -0.121. The van der Waals surface area contributed by atoms with Crippen LogP contribution in [0, 0.1) is 0 Å². The molecule has 2 atom stereocenters. The molecular weight excluding hydrogens is 224 g/mol. The van der Waals surface area contributed by atoms with Gasteiger partial charge in [0.15, 0.2) is 0 Å². The highest BCUT2D eigenvalue weighted by Crippen LogP contribution is 2.06. The smallest absolute Gasteiger partial charge is 0.220 e. The van der Waals surface area contributed by atoms with Crippen LogP contribution in [0.3, 0.4) is 0 Å². The Morgan fingerprint density at radius 3 is 2.50 bits per heavy atom. The van der Waals surface area contributed by atoms with Crippen LogP contribution in [0.2, 0.25) is 0 Å². The van der Waals surface area contributed by atoms with Crippen molar-refractivity contribution in [1.82, 2.24) is 5.32 Å². The molecule has 0 saturated carbocycles. The summed E-state index contributed by atoms with van der Waals surface area (Å²) in [6.45, 7) is 6.32. The molecule has 1 amide bonds. The van der Waals surface area contributed by atoms with Crippen molar-refractivity contribution < 1.29 is 9.00 Å². The predicted molar refractivity (Wildman–Crippen MR) is 68.7 cm³/mol. The van der Waals surface area contributed by atoms with Crippen molar-refractivity contribution in [3.05, 3.63) is 0 Å². The summed E-state index contributed by atoms with van der Waals surface area (Å²) in [5, 5.41) is 2.94. The maximum Gasteiger partial charge on any atom is 0.220 e. The fourth-order valence-corrected chi connectivity index (χ4v) is 1.55. The van der Waals surface area contributed by atoms with Crippen LogP contribution in [0.4, 0.5) is 0 Å². The second kappa shape index (κ2) is 7.01. The maximum absolute atomic E-state index is 11.4. The molecule has 0 aromatic carbocycles. The molecule has 0 aliphatic carbocycles. The quantitative estimate of drug-likeness (QED) is 0.699. The van der Waals surface area contributed by atoms with E-state index < -0.39 is 10.8 Å². The van der Waals surface area contributed by atoms with Gasteiger partial charge in [0, 0.05) is 40.8 Å². The number of hydrogen-bond acceptors (Lipinski definition) is 3. The van der Waals surface area contributed by atoms with Gasteiger partial charge in [0.25, 0.3) is 0 Å². The Hall–Kier alpha value is -0.420. The SMILES string of the molecule is CC(CCNC(=O)CCC(C)(C)N)S(C)=O. The Labute approximate surface area is 101 Å². The zero-order valence-corrected chi connectivity index (χ0v) is 11.5. The zero-order chi connectivity index (χ0) is 12.8. The van der Waals surface area contributed by atoms with Crippen molar-refractivity contribution >= 4 is 16.7 Å². The van der Waals surface area contributed by atoms with Crippen LogP contribution in [0.1, 0.15) is 40.0 Å². The molecule has 0 bridgehead atoms. The van der Waals surface area contributed by atoms with Crippen LogP contribution in [0.25, 0.3) is 0 Å². The van der Waals surface area contributed by atoms with Gasteiger partial charge in [-0.3, -0.25) is 9.00 Å². The third kappa shape index (κ3) is 8.85. The lowest BCUT2D eigenvalue weighted by atomic mass is 10.00. The number of nitrogens with one attached hydrogen (secondary N) is 1. The third-order valence-electron chi connectivity index (χ3n) is 2.44. The van der Waals surface area contributed by atoms with Gasteiger partial charge in [0.2, 0.25) is 5.91 Å². The van der Waals surface area contributed by atoms with Crippen molar-refractivity contribution in [3.63, 3.8) is 0 Å². The first-order chi connectivity index (χ1) is 7.22. The molecule has 96 valence electrons. The molecule has 0 fully saturated rings. The fraction of sp³-hybridized carbons (Fsp3) is 0.909. The molecule has 0 aliphatic heterocycles. The molecule has 16 heavy (non-hydrogen) atoms. The van der Waals surface area contributed by atoms with E-state index in [9.17, 15) is 9.00 Å². The van der Waals surface area contributed by atoms with Crippen molar-refractivity contribution in [1.29, 1.82) is 0 Å². The summed E-state index contributed by atoms with van der Waals surface area (Å²) in [5.74, 6) is 0.0209. The molecule has 4 nitrogen and oxygen atoms in total. The minimum atomic E-state index is -0.814. The highest BCUT2D eigenvalue weighted by Gasteiger charge is 2.13. The van der Waals surface area contributed by atoms with E-state index in [4.69, 9.17) is 5.73 Å². The Morgan fingerprint density at radius 2 is 2.06 bits per heavy atom. The van der Waals surface area contributed by atoms with Crippen LogP contribution in [-0.2, 0) is 15.6 Å². The predicted octanol–water partition coefficient (Wildman–Crippen LogP) is 0.777. The standard InChI is InChI=1S/C11H24N2O2S/c1-9(16(4)15)6-8-13-10(14)5-7-11(2,3)12/h9H,5-8,12H2,1-4H3,(H,13,14). The highest BCUT2D eigenvalue weighted by atomic mass is 32.2. The molecule has 0 rings (SSSR count). The molecule has 0 heterocycles. The van der Waals surface area contributed by atoms with Crippen LogP contribution in [0.15, 0.2) is 0 Å². The summed E-state index contributed by atoms with van der Waals surface area (Å²) in [6, 6.07) is 0. The van der Waals surface area contributed by atoms with Gasteiger partial charge in [-0.2, -0.15) is 0 Å². The summed E-state index contributed by atoms with van der Waals surface area (Å²) in [4.78, 5) is 11.4. The Balaban J connectivity index is 3.63. The lowest BCUT2D eigenvalue weighted by Gasteiger charge is -2.17. The molecule has 3 N–H and O–H groups in total. The molecule has 0 saturated heterocycles. The molecular formula is C11H24N2O2S. The Kier molecular flexibility index (Phi) is 6.83. The summed E-state index contributed by atoms with van der Waals surface area (Å²) in [7, 11) is -0.814. The van der Waals surface area contributed by atoms with Gasteiger partial charge < -0.3 is 11.1 Å². The van der Waals surface area contributed by atoms with Gasteiger partial charge in [0.05, 0.1) is 0 Å². The summed E-state index contributed by atoms with van der Waals surface area (Å²) in [5.41, 5.74) is 5.48. The van der Waals surface area contributed by atoms with Gasteiger partial charge in [-0.15, -0.1) is 0 Å². The average molecular weight is 248 g/mol. The monoisotopic (exact) mass is 248 g/mol. The molecule has 0 spiro atoms. The largest absolute Gasteiger partial charge is 0.356 e. The highest BCUT2D eigenvalue weighted by molar-refractivity contribution is 7.84. The number of carbonyl (C=O) groups excluding carboxylic acids is 1. The van der Waals surface area contributed by atoms with E-state index in [0.717, 1.165) is 6.42 Å². The van der Waals surface area contributed by atoms with E-state index in [-0.39, 0.29) is 16.7 Å². The molecule has 0 aliphatic rings. The van der Waals surface area contributed by atoms with Gasteiger partial charge in [-0.25, -0.2) is 0 Å². The number of hydrogen-bond donors (Lipinski definition) is 2. The van der Waals surface area contributed by atoms with Crippen molar-refractivity contribution in [2.45, 2.75) is 50.8 Å². The van der Waals surface area contributed by atoms with Gasteiger partial charge in [0.1, 0.15) is 0 Å². The van der Waals surface area contributed by atoms with Crippen molar-refractivity contribution in [2.24, 2.45) is 5.73 Å². The number of amides is 1. The van der Waals surface area contributed by atoms with E-state index in [2.05, 4.69) is 5.32 Å². The molecule has 0 aromatic heterocycles. The molecule has 5 heteroatoms. The van der Waals surface area contributed by atoms with E-state index in [0.29, 0.717) is 19.4 Å². The first-order valence-electron chi connectivity index (χ1n) is 5.60. The summed E-state index contributed by atoms with van der Waals surface area (Å²) >= 11 is 0. The number of rotatable bonds is 7. The Morgan fingerprint density at radius 1 is 1.50 bits per heavy atom. The zero-order valence-electron chi connectivity index (χ0n) is 10.7. The minimum Gasteiger partial charge on any atom is -0.356 e. The molecule has 2 unspecified atom stereocenters. The van der Waals surface area contributed by atoms with Crippen LogP contribution in [-0.4, -0.2) is 33.7 Å². The van der Waals surface area contributed by atoms with E-state index in [1.165, 1.54) is 0 Å². The molecule has 0 aromatic rings. The lowest BCUT2D eigenvalue weighted by Crippen LogP contribution is -2.35. The number of nitrogens with two attached hydrogens (primary N) is 1. The van der Waals surface area contributed by atoms with Gasteiger partial charge >= 0.3 is 0 Å². The fourth-order valence-electron chi connectivity index (χ4n) is 1.10. The van der Waals surface area contributed by atoms with Crippen LogP contribution >= 0.6 is 0 Å². The summed E-state index contributed by atoms with van der Waals surface area (Å²) in [6.07, 6.45) is 3.56. The average Bonchev–Trinajstić information content (AvgIpc) is 2.13. The summed E-state index contributed by atoms with van der Waals surface area (Å²) < 4.78 is 11.1. The van der Waals surface area contributed by atoms with Gasteiger partial charge in [-0.05, 0) is 26.7 Å². The van der Waals surface area contributed by atoms with E-state index in [1.807, 2.05) is 20.8 Å². The van der Waals surface area contributed by atoms with Crippen molar-refractivity contribution in [3.8, 4) is 0 Å². The minimum absolute atomic E-state index is 0.0209. The van der Waals surface area contributed by atoms with E-state index >= 15 is 0 Å². The van der Waals surface area contributed by atoms with Gasteiger partial charge in [-0.1, -0.05) is 6.92 Å². The third-order valence-corrected chi connectivity index (χ3v) is 3.81. The first-order valence-corrected chi connectivity index (χ1v) is 7.22. The maximum atomic E-state index is 11.4. The van der Waals surface area contributed by atoms with E-state index in [1.54, 1.807) is 6.26 Å². The second-order valence-corrected chi connectivity index (χ2v) is 6.74. The van der Waals surface area contributed by atoms with Crippen LogP contribution in [0.5, 0.6) is 0 Å². The topological polar surface area (TPSA) is 72.2 Å². The Bertz CT molecular complexity index is 249. The van der Waals surface area contributed by atoms with Crippen molar-refractivity contribution in [2.75, 3.05) is 12.8 Å².